The molecular weight excluding hydrogens is 378 g/mol. The van der Waals surface area contributed by atoms with Crippen LogP contribution in [0.3, 0.4) is 0 Å². The van der Waals surface area contributed by atoms with Crippen molar-refractivity contribution in [2.45, 2.75) is 25.7 Å². The molecule has 8 heteroatoms. The molecule has 0 bridgehead atoms. The van der Waals surface area contributed by atoms with Crippen molar-refractivity contribution >= 4 is 17.4 Å². The number of nitrogens with zero attached hydrogens (tertiary/aromatic N) is 1. The summed E-state index contributed by atoms with van der Waals surface area (Å²) in [6, 6.07) is 7.87. The summed E-state index contributed by atoms with van der Waals surface area (Å²) >= 11 is 0. The second-order valence-electron chi connectivity index (χ2n) is 6.96. The highest BCUT2D eigenvalue weighted by Gasteiger charge is 2.28. The van der Waals surface area contributed by atoms with Crippen LogP contribution in [-0.4, -0.2) is 36.5 Å². The van der Waals surface area contributed by atoms with Gasteiger partial charge in [0.1, 0.15) is 18.8 Å². The lowest BCUT2D eigenvalue weighted by Gasteiger charge is -2.18. The fraction of sp³-hybridized carbons (Fsp3) is 0.333. The zero-order valence-electron chi connectivity index (χ0n) is 15.6. The van der Waals surface area contributed by atoms with Gasteiger partial charge in [-0.25, -0.2) is 4.79 Å². The topological polar surface area (TPSA) is 105 Å². The van der Waals surface area contributed by atoms with Crippen LogP contribution in [-0.2, 0) is 17.6 Å². The highest BCUT2D eigenvalue weighted by Crippen LogP contribution is 2.36. The van der Waals surface area contributed by atoms with Gasteiger partial charge >= 0.3 is 5.97 Å². The summed E-state index contributed by atoms with van der Waals surface area (Å²) in [5, 5.41) is 11.3. The summed E-state index contributed by atoms with van der Waals surface area (Å²) in [6.45, 7) is 0.0442. The van der Waals surface area contributed by atoms with Crippen LogP contribution in [0.25, 0.3) is 0 Å². The van der Waals surface area contributed by atoms with Gasteiger partial charge in [0.25, 0.3) is 5.69 Å². The van der Waals surface area contributed by atoms with E-state index in [0.717, 1.165) is 37.3 Å². The van der Waals surface area contributed by atoms with Gasteiger partial charge in [-0.05, 0) is 42.9 Å². The largest absolute Gasteiger partial charge is 0.486 e. The number of hydrogen-bond donors (Lipinski definition) is 0. The Balaban J connectivity index is 1.49. The second-order valence-corrected chi connectivity index (χ2v) is 6.96. The van der Waals surface area contributed by atoms with E-state index in [9.17, 15) is 19.7 Å². The van der Waals surface area contributed by atoms with Crippen LogP contribution in [0.1, 0.15) is 44.7 Å². The van der Waals surface area contributed by atoms with Crippen molar-refractivity contribution in [2.75, 3.05) is 19.8 Å². The van der Waals surface area contributed by atoms with Gasteiger partial charge in [0.2, 0.25) is 0 Å². The number of benzene rings is 2. The third kappa shape index (κ3) is 3.91. The van der Waals surface area contributed by atoms with Crippen LogP contribution < -0.4 is 9.47 Å². The van der Waals surface area contributed by atoms with E-state index in [-0.39, 0.29) is 36.1 Å². The average molecular weight is 397 g/mol. The maximum Gasteiger partial charge on any atom is 0.345 e. The van der Waals surface area contributed by atoms with Crippen LogP contribution in [0.15, 0.2) is 30.3 Å². The SMILES string of the molecule is O=C(COC(=O)c1cc2c(cc1[N+](=O)[O-])OCCO2)c1ccc2c(c1)CCCC2. The van der Waals surface area contributed by atoms with E-state index in [1.54, 1.807) is 6.07 Å². The number of nitro benzene ring substituents is 1. The van der Waals surface area contributed by atoms with E-state index >= 15 is 0 Å². The molecular formula is C21H19NO7. The van der Waals surface area contributed by atoms with E-state index in [2.05, 4.69) is 0 Å². The molecule has 8 nitrogen and oxygen atoms in total. The number of carbonyl (C=O) groups is 2. The molecule has 29 heavy (non-hydrogen) atoms. The zero-order valence-corrected chi connectivity index (χ0v) is 15.6. The van der Waals surface area contributed by atoms with E-state index in [1.807, 2.05) is 12.1 Å². The fourth-order valence-electron chi connectivity index (χ4n) is 3.59. The molecule has 0 atom stereocenters. The molecule has 4 rings (SSSR count). The molecule has 0 radical (unpaired) electrons. The van der Waals surface area contributed by atoms with Crippen LogP contribution in [0.2, 0.25) is 0 Å². The van der Waals surface area contributed by atoms with Gasteiger partial charge in [-0.1, -0.05) is 12.1 Å². The summed E-state index contributed by atoms with van der Waals surface area (Å²) < 4.78 is 15.8. The minimum atomic E-state index is -0.958. The third-order valence-electron chi connectivity index (χ3n) is 5.08. The number of rotatable bonds is 5. The molecule has 0 saturated carbocycles. The molecule has 0 spiro atoms. The van der Waals surface area contributed by atoms with Crippen molar-refractivity contribution in [2.24, 2.45) is 0 Å². The Bertz CT molecular complexity index is 999. The van der Waals surface area contributed by atoms with Crippen LogP contribution >= 0.6 is 0 Å². The van der Waals surface area contributed by atoms with Crippen molar-refractivity contribution in [3.05, 3.63) is 62.7 Å². The van der Waals surface area contributed by atoms with Gasteiger partial charge in [-0.3, -0.25) is 14.9 Å². The Kier molecular flexibility index (Phi) is 5.16. The molecule has 0 aromatic heterocycles. The minimum absolute atomic E-state index is 0.199. The highest BCUT2D eigenvalue weighted by molar-refractivity contribution is 6.00. The van der Waals surface area contributed by atoms with Gasteiger partial charge in [0.05, 0.1) is 11.0 Å². The summed E-state index contributed by atoms with van der Waals surface area (Å²) in [5.41, 5.74) is 2.13. The summed E-state index contributed by atoms with van der Waals surface area (Å²) in [4.78, 5) is 35.6. The Morgan fingerprint density at radius 3 is 2.41 bits per heavy atom. The first-order valence-electron chi connectivity index (χ1n) is 9.43. The average Bonchev–Trinajstić information content (AvgIpc) is 2.75. The molecule has 2 aromatic rings. The second kappa shape index (κ2) is 7.90. The monoisotopic (exact) mass is 397 g/mol. The first kappa shape index (κ1) is 18.9. The first-order valence-corrected chi connectivity index (χ1v) is 9.43. The number of esters is 1. The van der Waals surface area contributed by atoms with Crippen LogP contribution in [0.5, 0.6) is 11.5 Å². The number of fused-ring (bicyclic) bond motifs is 2. The van der Waals surface area contributed by atoms with Gasteiger partial charge in [-0.2, -0.15) is 0 Å². The lowest BCUT2D eigenvalue weighted by molar-refractivity contribution is -0.385. The Hall–Kier alpha value is -3.42. The minimum Gasteiger partial charge on any atom is -0.486 e. The Morgan fingerprint density at radius 2 is 1.69 bits per heavy atom. The number of carbonyl (C=O) groups excluding carboxylic acids is 2. The number of ketones is 1. The molecule has 2 aromatic carbocycles. The van der Waals surface area contributed by atoms with Gasteiger partial charge in [0.15, 0.2) is 23.9 Å². The molecule has 1 aliphatic carbocycles. The van der Waals surface area contributed by atoms with Crippen molar-refractivity contribution in [1.82, 2.24) is 0 Å². The fourth-order valence-corrected chi connectivity index (χ4v) is 3.59. The summed E-state index contributed by atoms with van der Waals surface area (Å²) in [5.74, 6) is -0.883. The number of aryl methyl sites for hydroxylation is 2. The van der Waals surface area contributed by atoms with Gasteiger partial charge in [-0.15, -0.1) is 0 Å². The molecule has 0 N–H and O–H groups in total. The first-order chi connectivity index (χ1) is 14.0. The lowest BCUT2D eigenvalue weighted by Crippen LogP contribution is -2.18. The van der Waals surface area contributed by atoms with Crippen LogP contribution in [0, 0.1) is 10.1 Å². The van der Waals surface area contributed by atoms with Crippen molar-refractivity contribution in [1.29, 1.82) is 0 Å². The van der Waals surface area contributed by atoms with Gasteiger partial charge < -0.3 is 14.2 Å². The normalized spacial score (nSPS) is 14.6. The smallest absolute Gasteiger partial charge is 0.345 e. The van der Waals surface area contributed by atoms with Gasteiger partial charge in [0, 0.05) is 11.6 Å². The van der Waals surface area contributed by atoms with E-state index in [0.29, 0.717) is 5.56 Å². The Labute approximate surface area is 166 Å². The maximum atomic E-state index is 12.5. The van der Waals surface area contributed by atoms with Crippen LogP contribution in [0.4, 0.5) is 5.69 Å². The summed E-state index contributed by atoms with van der Waals surface area (Å²) in [6.07, 6.45) is 4.17. The van der Waals surface area contributed by atoms with Crippen molar-refractivity contribution in [3.63, 3.8) is 0 Å². The summed E-state index contributed by atoms with van der Waals surface area (Å²) in [7, 11) is 0. The number of nitro groups is 1. The molecule has 0 saturated heterocycles. The molecule has 2 aliphatic rings. The molecule has 1 aliphatic heterocycles. The molecule has 0 unspecified atom stereocenters. The van der Waals surface area contributed by atoms with E-state index in [1.165, 1.54) is 11.6 Å². The third-order valence-corrected chi connectivity index (χ3v) is 5.08. The molecule has 0 fully saturated rings. The Morgan fingerprint density at radius 1 is 1.00 bits per heavy atom. The predicted molar refractivity (Wildman–Crippen MR) is 102 cm³/mol. The standard InChI is InChI=1S/C21H19NO7/c23-18(15-6-5-13-3-1-2-4-14(13)9-15)12-29-21(24)16-10-19-20(28-8-7-27-19)11-17(16)22(25)26/h5-6,9-11H,1-4,7-8,12H2. The molecule has 1 heterocycles. The van der Waals surface area contributed by atoms with Crippen molar-refractivity contribution in [3.8, 4) is 11.5 Å². The molecule has 0 amide bonds. The van der Waals surface area contributed by atoms with E-state index in [4.69, 9.17) is 14.2 Å². The highest BCUT2D eigenvalue weighted by atomic mass is 16.6. The number of ether oxygens (including phenoxy) is 3. The number of hydrogen-bond acceptors (Lipinski definition) is 7. The molecule has 150 valence electrons. The van der Waals surface area contributed by atoms with E-state index < -0.39 is 23.2 Å². The predicted octanol–water partition coefficient (Wildman–Crippen LogP) is 3.28. The van der Waals surface area contributed by atoms with Crippen molar-refractivity contribution < 1.29 is 28.7 Å². The zero-order chi connectivity index (χ0) is 20.4. The quantitative estimate of drug-likeness (QED) is 0.330. The lowest BCUT2D eigenvalue weighted by atomic mass is 9.90. The maximum absolute atomic E-state index is 12.5. The number of Topliss-reactive ketones (excluding diaryl/α,β-unsaturated/α-hetero) is 1.